The van der Waals surface area contributed by atoms with Crippen molar-refractivity contribution in [2.45, 2.75) is 39.5 Å². The average Bonchev–Trinajstić information content (AvgIpc) is 3.04. The molecule has 3 aromatic carbocycles. The van der Waals surface area contributed by atoms with Crippen molar-refractivity contribution in [1.29, 1.82) is 0 Å². The molecule has 0 aliphatic carbocycles. The Hall–Kier alpha value is -4.40. The Morgan fingerprint density at radius 2 is 1.23 bits per heavy atom. The molecule has 8 nitrogen and oxygen atoms in total. The van der Waals surface area contributed by atoms with Gasteiger partial charge in [0.2, 0.25) is 0 Å². The lowest BCUT2D eigenvalue weighted by Crippen LogP contribution is -2.16. The highest BCUT2D eigenvalue weighted by atomic mass is 16.6. The summed E-state index contributed by atoms with van der Waals surface area (Å²) >= 11 is 0. The molecule has 0 unspecified atom stereocenters. The third kappa shape index (κ3) is 10.1. The summed E-state index contributed by atoms with van der Waals surface area (Å²) in [5.41, 5.74) is 6.61. The molecule has 3 aromatic rings. The summed E-state index contributed by atoms with van der Waals surface area (Å²) in [5, 5.41) is 18.1. The highest BCUT2D eigenvalue weighted by molar-refractivity contribution is 5.88. The summed E-state index contributed by atoms with van der Waals surface area (Å²) in [6.45, 7) is 10.2. The van der Waals surface area contributed by atoms with Crippen LogP contribution in [0.15, 0.2) is 85.0 Å². The SMILES string of the molecule is C=C(CO)C(=O)OCCOc1ccc(-c2ccc(-c3ccc(CCCCC)cc3)c(C)c2)cc1OCCOC(=O)C(=C)CO. The highest BCUT2D eigenvalue weighted by Gasteiger charge is 2.13. The number of aliphatic hydroxyl groups excluding tert-OH is 2. The van der Waals surface area contributed by atoms with Gasteiger partial charge in [-0.2, -0.15) is 0 Å². The van der Waals surface area contributed by atoms with E-state index in [0.717, 1.165) is 28.7 Å². The van der Waals surface area contributed by atoms with Crippen molar-refractivity contribution in [2.75, 3.05) is 39.6 Å². The van der Waals surface area contributed by atoms with E-state index in [1.54, 1.807) is 6.07 Å². The number of carbonyl (C=O) groups excluding carboxylic acids is 2. The minimum Gasteiger partial charge on any atom is -0.486 e. The molecule has 0 aliphatic heterocycles. The Morgan fingerprint density at radius 1 is 0.682 bits per heavy atom. The van der Waals surface area contributed by atoms with Gasteiger partial charge in [-0.3, -0.25) is 0 Å². The first-order valence-corrected chi connectivity index (χ1v) is 14.8. The number of aliphatic hydroxyl groups is 2. The number of carbonyl (C=O) groups is 2. The van der Waals surface area contributed by atoms with Crippen LogP contribution in [0.2, 0.25) is 0 Å². The lowest BCUT2D eigenvalue weighted by Gasteiger charge is -2.16. The first-order valence-electron chi connectivity index (χ1n) is 14.8. The molecule has 44 heavy (non-hydrogen) atoms. The van der Waals surface area contributed by atoms with Gasteiger partial charge in [0.25, 0.3) is 0 Å². The molecular weight excluding hydrogens is 560 g/mol. The average molecular weight is 603 g/mol. The zero-order valence-corrected chi connectivity index (χ0v) is 25.6. The van der Waals surface area contributed by atoms with E-state index >= 15 is 0 Å². The third-order valence-electron chi connectivity index (χ3n) is 6.94. The molecule has 0 saturated heterocycles. The smallest absolute Gasteiger partial charge is 0.335 e. The predicted molar refractivity (Wildman–Crippen MR) is 171 cm³/mol. The Bertz CT molecular complexity index is 1420. The van der Waals surface area contributed by atoms with Crippen molar-refractivity contribution in [3.05, 3.63) is 96.1 Å². The number of esters is 2. The Balaban J connectivity index is 1.75. The number of rotatable bonds is 18. The molecule has 0 aromatic heterocycles. The Labute approximate surface area is 259 Å². The van der Waals surface area contributed by atoms with E-state index in [1.165, 1.54) is 30.4 Å². The van der Waals surface area contributed by atoms with Crippen LogP contribution >= 0.6 is 0 Å². The molecule has 0 spiro atoms. The van der Waals surface area contributed by atoms with Crippen molar-refractivity contribution in [2.24, 2.45) is 0 Å². The molecule has 0 atom stereocenters. The van der Waals surface area contributed by atoms with Crippen LogP contribution in [-0.4, -0.2) is 61.8 Å². The largest absolute Gasteiger partial charge is 0.486 e. The van der Waals surface area contributed by atoms with Crippen molar-refractivity contribution >= 4 is 11.9 Å². The number of benzene rings is 3. The molecule has 0 amide bonds. The third-order valence-corrected chi connectivity index (χ3v) is 6.94. The number of hydrogen-bond acceptors (Lipinski definition) is 8. The number of ether oxygens (including phenoxy) is 4. The summed E-state index contributed by atoms with van der Waals surface area (Å²) in [6, 6.07) is 20.6. The van der Waals surface area contributed by atoms with Gasteiger partial charge in [0, 0.05) is 0 Å². The minimum atomic E-state index is -0.700. The number of hydrogen-bond donors (Lipinski definition) is 2. The van der Waals surface area contributed by atoms with Crippen LogP contribution in [0.4, 0.5) is 0 Å². The fourth-order valence-corrected chi connectivity index (χ4v) is 4.42. The van der Waals surface area contributed by atoms with Gasteiger partial charge in [0.05, 0.1) is 24.4 Å². The van der Waals surface area contributed by atoms with Crippen molar-refractivity contribution in [3.63, 3.8) is 0 Å². The van der Waals surface area contributed by atoms with Gasteiger partial charge in [0.1, 0.15) is 26.4 Å². The van der Waals surface area contributed by atoms with Gasteiger partial charge in [-0.1, -0.05) is 81.5 Å². The molecule has 0 heterocycles. The first-order chi connectivity index (χ1) is 21.3. The summed E-state index contributed by atoms with van der Waals surface area (Å²) in [4.78, 5) is 23.5. The maximum atomic E-state index is 11.8. The molecular formula is C36H42O8. The maximum Gasteiger partial charge on any atom is 0.335 e. The van der Waals surface area contributed by atoms with Crippen LogP contribution in [-0.2, 0) is 25.5 Å². The van der Waals surface area contributed by atoms with Gasteiger partial charge in [0.15, 0.2) is 11.5 Å². The Morgan fingerprint density at radius 3 is 1.80 bits per heavy atom. The van der Waals surface area contributed by atoms with Gasteiger partial charge in [-0.25, -0.2) is 9.59 Å². The highest BCUT2D eigenvalue weighted by Crippen LogP contribution is 2.35. The van der Waals surface area contributed by atoms with Crippen LogP contribution in [0, 0.1) is 6.92 Å². The molecule has 0 fully saturated rings. The monoisotopic (exact) mass is 602 g/mol. The lowest BCUT2D eigenvalue weighted by atomic mass is 9.94. The second-order valence-corrected chi connectivity index (χ2v) is 10.3. The number of unbranched alkanes of at least 4 members (excludes halogenated alkanes) is 2. The van der Waals surface area contributed by atoms with E-state index in [-0.39, 0.29) is 37.6 Å². The molecule has 0 radical (unpaired) electrons. The van der Waals surface area contributed by atoms with Crippen LogP contribution in [0.1, 0.15) is 37.3 Å². The molecule has 3 rings (SSSR count). The van der Waals surface area contributed by atoms with E-state index in [0.29, 0.717) is 11.5 Å². The normalized spacial score (nSPS) is 10.6. The minimum absolute atomic E-state index is 0.0297. The first kappa shape index (κ1) is 34.1. The van der Waals surface area contributed by atoms with Crippen LogP contribution < -0.4 is 9.47 Å². The zero-order chi connectivity index (χ0) is 31.9. The zero-order valence-electron chi connectivity index (χ0n) is 25.6. The van der Waals surface area contributed by atoms with E-state index in [2.05, 4.69) is 69.5 Å². The van der Waals surface area contributed by atoms with Crippen LogP contribution in [0.5, 0.6) is 11.5 Å². The standard InChI is InChI=1S/C36H42O8/c1-5-6-7-8-28-9-11-29(12-10-28)32-15-13-30(21-25(32)2)31-14-16-33(41-17-19-43-35(39)26(3)23-37)34(22-31)42-18-20-44-36(40)27(4)24-38/h9-16,21-22,37-38H,3-8,17-20,23-24H2,1-2H3. The van der Waals surface area contributed by atoms with Gasteiger partial charge in [-0.05, 0) is 65.3 Å². The maximum absolute atomic E-state index is 11.8. The summed E-state index contributed by atoms with van der Waals surface area (Å²) in [5.74, 6) is -0.583. The fraction of sp³-hybridized carbons (Fsp3) is 0.333. The second kappa shape index (κ2) is 17.7. The molecule has 8 heteroatoms. The van der Waals surface area contributed by atoms with E-state index in [9.17, 15) is 9.59 Å². The van der Waals surface area contributed by atoms with E-state index in [4.69, 9.17) is 29.2 Å². The van der Waals surface area contributed by atoms with Crippen molar-refractivity contribution in [3.8, 4) is 33.8 Å². The van der Waals surface area contributed by atoms with Gasteiger partial charge in [-0.15, -0.1) is 0 Å². The molecule has 234 valence electrons. The van der Waals surface area contributed by atoms with Crippen molar-refractivity contribution < 1.29 is 38.7 Å². The predicted octanol–water partition coefficient (Wildman–Crippen LogP) is 6.00. The van der Waals surface area contributed by atoms with Gasteiger partial charge >= 0.3 is 11.9 Å². The van der Waals surface area contributed by atoms with Gasteiger partial charge < -0.3 is 29.2 Å². The van der Waals surface area contributed by atoms with Crippen molar-refractivity contribution in [1.82, 2.24) is 0 Å². The topological polar surface area (TPSA) is 112 Å². The van der Waals surface area contributed by atoms with Crippen LogP contribution in [0.25, 0.3) is 22.3 Å². The molecule has 0 bridgehead atoms. The van der Waals surface area contributed by atoms with E-state index in [1.807, 2.05) is 12.1 Å². The van der Waals surface area contributed by atoms with Crippen LogP contribution in [0.3, 0.4) is 0 Å². The molecule has 0 aliphatic rings. The summed E-state index contributed by atoms with van der Waals surface area (Å²) < 4.78 is 21.9. The molecule has 0 saturated carbocycles. The quantitative estimate of drug-likeness (QED) is 0.104. The fourth-order valence-electron chi connectivity index (χ4n) is 4.42. The summed E-state index contributed by atoms with van der Waals surface area (Å²) in [6.07, 6.45) is 4.76. The summed E-state index contributed by atoms with van der Waals surface area (Å²) in [7, 11) is 0. The Kier molecular flexibility index (Phi) is 13.7. The van der Waals surface area contributed by atoms with E-state index < -0.39 is 25.2 Å². The molecule has 2 N–H and O–H groups in total. The number of aryl methyl sites for hydroxylation is 2. The second-order valence-electron chi connectivity index (χ2n) is 10.3. The lowest BCUT2D eigenvalue weighted by molar-refractivity contribution is -0.141.